The quantitative estimate of drug-likeness (QED) is 0.480. The molecule has 1 aromatic carbocycles. The van der Waals surface area contributed by atoms with Crippen molar-refractivity contribution in [2.75, 3.05) is 12.3 Å². The highest BCUT2D eigenvalue weighted by molar-refractivity contribution is 7.99. The molecule has 2 aliphatic heterocycles. The monoisotopic (exact) mass is 471 g/mol. The van der Waals surface area contributed by atoms with E-state index in [0.717, 1.165) is 4.90 Å². The molecule has 2 unspecified atom stereocenters. The van der Waals surface area contributed by atoms with Gasteiger partial charge in [0.05, 0.1) is 6.61 Å². The molecule has 0 radical (unpaired) electrons. The lowest BCUT2D eigenvalue weighted by Crippen LogP contribution is -2.39. The maximum Gasteiger partial charge on any atom is 0.472 e. The molecule has 11 nitrogen and oxygen atoms in total. The summed E-state index contributed by atoms with van der Waals surface area (Å²) in [6.07, 6.45) is -2.80. The van der Waals surface area contributed by atoms with E-state index in [4.69, 9.17) is 31.1 Å². The summed E-state index contributed by atoms with van der Waals surface area (Å²) in [4.78, 5) is 23.2. The van der Waals surface area contributed by atoms with Crippen molar-refractivity contribution in [3.05, 3.63) is 35.6 Å². The lowest BCUT2D eigenvalue weighted by Gasteiger charge is -2.27. The first-order chi connectivity index (χ1) is 14.3. The smallest absolute Gasteiger partial charge is 0.386 e. The Balaban J connectivity index is 1.58. The third kappa shape index (κ3) is 3.49. The molecule has 0 amide bonds. The molecule has 2 aromatic heterocycles. The van der Waals surface area contributed by atoms with E-state index in [0.29, 0.717) is 21.3 Å². The summed E-state index contributed by atoms with van der Waals surface area (Å²) in [5, 5.41) is 11.9. The van der Waals surface area contributed by atoms with E-state index in [1.165, 1.54) is 18.1 Å². The molecular formula is C16H15ClN5O6PS. The molecule has 2 aliphatic rings. The van der Waals surface area contributed by atoms with E-state index in [-0.39, 0.29) is 12.4 Å². The van der Waals surface area contributed by atoms with Crippen molar-refractivity contribution in [3.63, 3.8) is 0 Å². The number of rotatable bonds is 3. The number of benzene rings is 1. The van der Waals surface area contributed by atoms with Gasteiger partial charge in [0.1, 0.15) is 24.6 Å². The number of aromatic nitrogens is 4. The highest BCUT2D eigenvalue weighted by atomic mass is 35.5. The Morgan fingerprint density at radius 1 is 1.30 bits per heavy atom. The van der Waals surface area contributed by atoms with E-state index in [9.17, 15) is 14.6 Å². The van der Waals surface area contributed by atoms with Crippen molar-refractivity contribution in [3.8, 4) is 0 Å². The third-order valence-electron chi connectivity index (χ3n) is 4.72. The van der Waals surface area contributed by atoms with E-state index < -0.39 is 32.4 Å². The van der Waals surface area contributed by atoms with Crippen molar-refractivity contribution in [1.29, 1.82) is 0 Å². The van der Waals surface area contributed by atoms with Gasteiger partial charge >= 0.3 is 7.82 Å². The minimum absolute atomic E-state index is 0.168. The van der Waals surface area contributed by atoms with E-state index in [2.05, 4.69) is 15.0 Å². The van der Waals surface area contributed by atoms with Gasteiger partial charge in [-0.3, -0.25) is 13.6 Å². The number of anilines is 1. The number of hydrogen-bond donors (Lipinski definition) is 3. The number of nitrogens with two attached hydrogens (primary N) is 1. The van der Waals surface area contributed by atoms with Crippen molar-refractivity contribution >= 4 is 48.2 Å². The summed E-state index contributed by atoms with van der Waals surface area (Å²) < 4.78 is 29.1. The van der Waals surface area contributed by atoms with Gasteiger partial charge in [-0.05, 0) is 24.3 Å². The van der Waals surface area contributed by atoms with Gasteiger partial charge in [-0.15, -0.1) is 0 Å². The first-order valence-corrected chi connectivity index (χ1v) is 11.4. The van der Waals surface area contributed by atoms with Crippen LogP contribution in [0.2, 0.25) is 5.02 Å². The van der Waals surface area contributed by atoms with Crippen molar-refractivity contribution < 1.29 is 28.3 Å². The number of aliphatic hydroxyl groups is 1. The normalized spacial score (nSPS) is 31.2. The number of aliphatic hydroxyl groups excluding tert-OH is 1. The van der Waals surface area contributed by atoms with Crippen LogP contribution in [0.1, 0.15) is 6.23 Å². The Morgan fingerprint density at radius 3 is 2.83 bits per heavy atom. The van der Waals surface area contributed by atoms with Crippen LogP contribution >= 0.6 is 31.2 Å². The van der Waals surface area contributed by atoms with Gasteiger partial charge in [0.2, 0.25) is 0 Å². The van der Waals surface area contributed by atoms with Crippen LogP contribution in [0.25, 0.3) is 11.2 Å². The number of halogens is 1. The maximum atomic E-state index is 11.8. The van der Waals surface area contributed by atoms with Crippen LogP contribution in [0.5, 0.6) is 0 Å². The number of phosphoric acid groups is 1. The van der Waals surface area contributed by atoms with E-state index in [1.54, 1.807) is 16.7 Å². The van der Waals surface area contributed by atoms with Gasteiger partial charge < -0.3 is 20.5 Å². The number of nitrogens with zero attached hydrogens (tertiary/aromatic N) is 4. The molecule has 2 fully saturated rings. The Labute approximate surface area is 178 Å². The molecule has 0 bridgehead atoms. The predicted molar refractivity (Wildman–Crippen MR) is 106 cm³/mol. The summed E-state index contributed by atoms with van der Waals surface area (Å²) in [5.41, 5.74) is 6.65. The van der Waals surface area contributed by atoms with Crippen LogP contribution in [-0.2, 0) is 18.3 Å². The lowest BCUT2D eigenvalue weighted by molar-refractivity contribution is -0.0684. The Kier molecular flexibility index (Phi) is 4.99. The third-order valence-corrected chi connectivity index (χ3v) is 6.93. The standard InChI is InChI=1S/C16H15ClN5O6PS/c17-7-1-3-8(4-2-7)30-16-21-10-13(18)19-6-20-14(10)22(16)15-11(23)12-9(27-15)5-26-29(24,25)28-12/h1-4,6,9,11-12,15,23H,5H2,(H,24,25)(H2,18,19,20)/t9-,11-,12-,15?/m1/s1. The summed E-state index contributed by atoms with van der Waals surface area (Å²) >= 11 is 7.24. The second-order valence-electron chi connectivity index (χ2n) is 6.64. The number of hydrogen-bond acceptors (Lipinski definition) is 10. The van der Waals surface area contributed by atoms with Gasteiger partial charge in [-0.2, -0.15) is 0 Å². The maximum absolute atomic E-state index is 11.8. The Bertz CT molecular complexity index is 1160. The number of ether oxygens (including phenoxy) is 1. The Hall–Kier alpha value is -1.76. The fourth-order valence-electron chi connectivity index (χ4n) is 3.36. The molecule has 2 saturated heterocycles. The minimum Gasteiger partial charge on any atom is -0.386 e. The molecule has 5 atom stereocenters. The molecule has 0 aliphatic carbocycles. The van der Waals surface area contributed by atoms with Gasteiger partial charge in [0, 0.05) is 9.92 Å². The van der Waals surface area contributed by atoms with Crippen molar-refractivity contribution in [2.45, 2.75) is 34.6 Å². The molecule has 3 aromatic rings. The second kappa shape index (κ2) is 7.43. The van der Waals surface area contributed by atoms with Crippen LogP contribution in [-0.4, -0.2) is 54.4 Å². The van der Waals surface area contributed by atoms with Crippen LogP contribution in [0, 0.1) is 0 Å². The minimum atomic E-state index is -4.25. The number of fused-ring (bicyclic) bond motifs is 2. The van der Waals surface area contributed by atoms with Gasteiger partial charge in [-0.25, -0.2) is 19.5 Å². The van der Waals surface area contributed by atoms with Gasteiger partial charge in [-0.1, -0.05) is 23.4 Å². The van der Waals surface area contributed by atoms with Gasteiger partial charge in [0.15, 0.2) is 28.4 Å². The number of nitrogen functional groups attached to an aromatic ring is 1. The van der Waals surface area contributed by atoms with E-state index in [1.807, 2.05) is 12.1 Å². The largest absolute Gasteiger partial charge is 0.472 e. The SMILES string of the molecule is Nc1ncnc2c1nc(Sc1ccc(Cl)cc1)n2C1O[C@@H]2COP(=O)(O)O[C@H]2[C@H]1O. The fraction of sp³-hybridized carbons (Fsp3) is 0.312. The van der Waals surface area contributed by atoms with Crippen LogP contribution < -0.4 is 5.73 Å². The van der Waals surface area contributed by atoms with Crippen LogP contribution in [0.3, 0.4) is 0 Å². The molecule has 0 saturated carbocycles. The highest BCUT2D eigenvalue weighted by Gasteiger charge is 2.53. The summed E-state index contributed by atoms with van der Waals surface area (Å²) in [7, 11) is -4.25. The van der Waals surface area contributed by atoms with Crippen LogP contribution in [0.15, 0.2) is 40.6 Å². The molecule has 4 N–H and O–H groups in total. The Morgan fingerprint density at radius 2 is 2.07 bits per heavy atom. The number of phosphoric ester groups is 1. The number of imidazole rings is 1. The lowest BCUT2D eigenvalue weighted by atomic mass is 10.1. The first-order valence-electron chi connectivity index (χ1n) is 8.73. The second-order valence-corrected chi connectivity index (χ2v) is 9.52. The first kappa shape index (κ1) is 20.2. The zero-order valence-corrected chi connectivity index (χ0v) is 17.5. The topological polar surface area (TPSA) is 155 Å². The molecule has 158 valence electrons. The highest BCUT2D eigenvalue weighted by Crippen LogP contribution is 2.53. The zero-order chi connectivity index (χ0) is 21.0. The predicted octanol–water partition coefficient (Wildman–Crippen LogP) is 1.99. The van der Waals surface area contributed by atoms with E-state index >= 15 is 0 Å². The molecule has 0 spiro atoms. The fourth-order valence-corrected chi connectivity index (χ4v) is 5.36. The zero-order valence-electron chi connectivity index (χ0n) is 15.0. The van der Waals surface area contributed by atoms with Crippen LogP contribution in [0.4, 0.5) is 5.82 Å². The average Bonchev–Trinajstić information content (AvgIpc) is 3.21. The summed E-state index contributed by atoms with van der Waals surface area (Å²) in [5.74, 6) is 0.168. The molecule has 14 heteroatoms. The molecule has 5 rings (SSSR count). The molecular weight excluding hydrogens is 457 g/mol. The average molecular weight is 472 g/mol. The molecule has 4 heterocycles. The van der Waals surface area contributed by atoms with Crippen molar-refractivity contribution in [2.24, 2.45) is 0 Å². The van der Waals surface area contributed by atoms with Gasteiger partial charge in [0.25, 0.3) is 0 Å². The summed E-state index contributed by atoms with van der Waals surface area (Å²) in [6.45, 7) is -0.199. The summed E-state index contributed by atoms with van der Waals surface area (Å²) in [6, 6.07) is 7.11. The van der Waals surface area contributed by atoms with Crippen molar-refractivity contribution in [1.82, 2.24) is 19.5 Å². The molecule has 30 heavy (non-hydrogen) atoms.